The molecule has 0 unspecified atom stereocenters. The van der Waals surface area contributed by atoms with Gasteiger partial charge in [-0.1, -0.05) is 0 Å². The molecule has 86 valence electrons. The minimum atomic E-state index is 0.663. The summed E-state index contributed by atoms with van der Waals surface area (Å²) in [6, 6.07) is 2.73. The Bertz CT molecular complexity index is 382. The third kappa shape index (κ3) is 1.99. The number of aryl methyl sites for hydroxylation is 1. The highest BCUT2D eigenvalue weighted by Crippen LogP contribution is 2.45. The van der Waals surface area contributed by atoms with Crippen molar-refractivity contribution >= 4 is 11.5 Å². The van der Waals surface area contributed by atoms with Crippen LogP contribution in [-0.2, 0) is 0 Å². The van der Waals surface area contributed by atoms with Crippen molar-refractivity contribution in [2.45, 2.75) is 38.6 Å². The molecular formula is C13H19N3. The van der Waals surface area contributed by atoms with Gasteiger partial charge in [0.1, 0.15) is 5.82 Å². The van der Waals surface area contributed by atoms with Gasteiger partial charge in [-0.2, -0.15) is 0 Å². The van der Waals surface area contributed by atoms with E-state index in [0.717, 1.165) is 28.9 Å². The number of aromatic nitrogens is 1. The fraction of sp³-hybridized carbons (Fsp3) is 0.615. The van der Waals surface area contributed by atoms with Crippen molar-refractivity contribution in [3.8, 4) is 0 Å². The van der Waals surface area contributed by atoms with Gasteiger partial charge in [0.15, 0.2) is 0 Å². The first-order valence-electron chi connectivity index (χ1n) is 6.22. The molecule has 3 rings (SSSR count). The van der Waals surface area contributed by atoms with Gasteiger partial charge in [0.2, 0.25) is 0 Å². The summed E-state index contributed by atoms with van der Waals surface area (Å²) < 4.78 is 0. The molecule has 1 aromatic rings. The molecule has 0 bridgehead atoms. The zero-order valence-electron chi connectivity index (χ0n) is 9.74. The maximum atomic E-state index is 5.77. The molecule has 2 aliphatic rings. The van der Waals surface area contributed by atoms with Gasteiger partial charge in [-0.15, -0.1) is 0 Å². The molecule has 0 aliphatic heterocycles. The predicted octanol–water partition coefficient (Wildman–Crippen LogP) is 2.57. The Labute approximate surface area is 96.4 Å². The summed E-state index contributed by atoms with van der Waals surface area (Å²) in [6.07, 6.45) is 7.32. The Hall–Kier alpha value is -1.25. The number of rotatable bonds is 4. The molecule has 16 heavy (non-hydrogen) atoms. The third-order valence-electron chi connectivity index (χ3n) is 3.73. The number of hydrogen-bond donors (Lipinski definition) is 2. The third-order valence-corrected chi connectivity index (χ3v) is 3.73. The van der Waals surface area contributed by atoms with E-state index in [9.17, 15) is 0 Å². The number of nitrogens with one attached hydrogen (secondary N) is 1. The molecule has 3 heteroatoms. The molecule has 0 saturated heterocycles. The van der Waals surface area contributed by atoms with Gasteiger partial charge in [-0.05, 0) is 56.1 Å². The molecule has 3 nitrogen and oxygen atoms in total. The van der Waals surface area contributed by atoms with Crippen molar-refractivity contribution in [2.75, 3.05) is 11.1 Å². The summed E-state index contributed by atoms with van der Waals surface area (Å²) in [5.41, 5.74) is 7.66. The van der Waals surface area contributed by atoms with E-state index >= 15 is 0 Å². The van der Waals surface area contributed by atoms with Crippen LogP contribution < -0.4 is 11.1 Å². The molecule has 0 spiro atoms. The lowest BCUT2D eigenvalue weighted by atomic mass is 10.1. The topological polar surface area (TPSA) is 50.9 Å². The van der Waals surface area contributed by atoms with E-state index < -0.39 is 0 Å². The first-order valence-corrected chi connectivity index (χ1v) is 6.22. The molecule has 0 atom stereocenters. The van der Waals surface area contributed by atoms with Crippen LogP contribution >= 0.6 is 0 Å². The molecule has 3 N–H and O–H groups in total. The van der Waals surface area contributed by atoms with E-state index in [4.69, 9.17) is 5.73 Å². The quantitative estimate of drug-likeness (QED) is 0.815. The SMILES string of the molecule is Cc1cc(NC(C2CC2)C2CC2)ncc1N. The summed E-state index contributed by atoms with van der Waals surface area (Å²) >= 11 is 0. The highest BCUT2D eigenvalue weighted by molar-refractivity contribution is 5.51. The standard InChI is InChI=1S/C13H19N3/c1-8-6-12(15-7-11(8)14)16-13(9-2-3-9)10-4-5-10/h6-7,9-10,13H,2-5,14H2,1H3,(H,15,16). The van der Waals surface area contributed by atoms with Crippen molar-refractivity contribution < 1.29 is 0 Å². The van der Waals surface area contributed by atoms with E-state index in [1.165, 1.54) is 25.7 Å². The summed E-state index contributed by atoms with van der Waals surface area (Å²) in [6.45, 7) is 2.03. The average Bonchev–Trinajstić information content (AvgIpc) is 3.14. The maximum Gasteiger partial charge on any atom is 0.126 e. The van der Waals surface area contributed by atoms with E-state index in [1.54, 1.807) is 6.20 Å². The number of nitrogen functional groups attached to an aromatic ring is 1. The lowest BCUT2D eigenvalue weighted by molar-refractivity contribution is 0.565. The number of anilines is 2. The number of nitrogens with zero attached hydrogens (tertiary/aromatic N) is 1. The number of hydrogen-bond acceptors (Lipinski definition) is 3. The van der Waals surface area contributed by atoms with Crippen LogP contribution in [0, 0.1) is 18.8 Å². The number of nitrogens with two attached hydrogens (primary N) is 1. The molecule has 1 heterocycles. The van der Waals surface area contributed by atoms with Gasteiger partial charge in [0.05, 0.1) is 11.9 Å². The monoisotopic (exact) mass is 217 g/mol. The van der Waals surface area contributed by atoms with Gasteiger partial charge >= 0.3 is 0 Å². The van der Waals surface area contributed by atoms with Gasteiger partial charge in [0.25, 0.3) is 0 Å². The van der Waals surface area contributed by atoms with Gasteiger partial charge in [0, 0.05) is 6.04 Å². The summed E-state index contributed by atoms with van der Waals surface area (Å²) in [5, 5.41) is 3.60. The fourth-order valence-electron chi connectivity index (χ4n) is 2.35. The molecule has 1 aromatic heterocycles. The molecular weight excluding hydrogens is 198 g/mol. The summed E-state index contributed by atoms with van der Waals surface area (Å²) in [4.78, 5) is 4.36. The normalized spacial score (nSPS) is 20.1. The van der Waals surface area contributed by atoms with Crippen LogP contribution in [0.3, 0.4) is 0 Å². The van der Waals surface area contributed by atoms with Crippen LogP contribution in [0.15, 0.2) is 12.3 Å². The lowest BCUT2D eigenvalue weighted by Crippen LogP contribution is -2.24. The molecule has 2 saturated carbocycles. The second kappa shape index (κ2) is 3.65. The summed E-state index contributed by atoms with van der Waals surface area (Å²) in [5.74, 6) is 2.79. The lowest BCUT2D eigenvalue weighted by Gasteiger charge is -2.18. The minimum absolute atomic E-state index is 0.663. The van der Waals surface area contributed by atoms with Gasteiger partial charge < -0.3 is 11.1 Å². The second-order valence-corrected chi connectivity index (χ2v) is 5.27. The van der Waals surface area contributed by atoms with Gasteiger partial charge in [-0.3, -0.25) is 0 Å². The minimum Gasteiger partial charge on any atom is -0.397 e. The van der Waals surface area contributed by atoms with Crippen LogP contribution in [-0.4, -0.2) is 11.0 Å². The van der Waals surface area contributed by atoms with Crippen LogP contribution in [0.25, 0.3) is 0 Å². The average molecular weight is 217 g/mol. The Kier molecular flexibility index (Phi) is 2.27. The zero-order chi connectivity index (χ0) is 11.1. The highest BCUT2D eigenvalue weighted by atomic mass is 15.0. The maximum absolute atomic E-state index is 5.77. The van der Waals surface area contributed by atoms with Crippen molar-refractivity contribution in [1.82, 2.24) is 4.98 Å². The van der Waals surface area contributed by atoms with Crippen LogP contribution in [0.1, 0.15) is 31.2 Å². The van der Waals surface area contributed by atoms with Gasteiger partial charge in [-0.25, -0.2) is 4.98 Å². The molecule has 2 aliphatic carbocycles. The first kappa shape index (κ1) is 9.94. The summed E-state index contributed by atoms with van der Waals surface area (Å²) in [7, 11) is 0. The Balaban J connectivity index is 1.73. The molecule has 0 aromatic carbocycles. The van der Waals surface area contributed by atoms with E-state index in [2.05, 4.69) is 16.4 Å². The van der Waals surface area contributed by atoms with Crippen LogP contribution in [0.4, 0.5) is 11.5 Å². The Morgan fingerprint density at radius 3 is 2.44 bits per heavy atom. The van der Waals surface area contributed by atoms with E-state index in [0.29, 0.717) is 6.04 Å². The largest absolute Gasteiger partial charge is 0.397 e. The number of pyridine rings is 1. The predicted molar refractivity (Wildman–Crippen MR) is 66.2 cm³/mol. The zero-order valence-corrected chi connectivity index (χ0v) is 9.74. The molecule has 0 amide bonds. The van der Waals surface area contributed by atoms with E-state index in [-0.39, 0.29) is 0 Å². The van der Waals surface area contributed by atoms with Crippen molar-refractivity contribution in [3.63, 3.8) is 0 Å². The first-order chi connectivity index (χ1) is 7.74. The Morgan fingerprint density at radius 1 is 1.31 bits per heavy atom. The van der Waals surface area contributed by atoms with Crippen molar-refractivity contribution in [2.24, 2.45) is 11.8 Å². The van der Waals surface area contributed by atoms with Crippen LogP contribution in [0.2, 0.25) is 0 Å². The van der Waals surface area contributed by atoms with Crippen molar-refractivity contribution in [1.29, 1.82) is 0 Å². The second-order valence-electron chi connectivity index (χ2n) is 5.27. The van der Waals surface area contributed by atoms with Crippen molar-refractivity contribution in [3.05, 3.63) is 17.8 Å². The Morgan fingerprint density at radius 2 is 1.94 bits per heavy atom. The smallest absolute Gasteiger partial charge is 0.126 e. The van der Waals surface area contributed by atoms with Crippen LogP contribution in [0.5, 0.6) is 0 Å². The highest BCUT2D eigenvalue weighted by Gasteiger charge is 2.41. The van der Waals surface area contributed by atoms with E-state index in [1.807, 2.05) is 6.92 Å². The molecule has 0 radical (unpaired) electrons. The molecule has 2 fully saturated rings. The fourth-order valence-corrected chi connectivity index (χ4v) is 2.35.